The zero-order chi connectivity index (χ0) is 16.6. The van der Waals surface area contributed by atoms with Crippen LogP contribution in [0.1, 0.15) is 55.7 Å². The Labute approximate surface area is 135 Å². The third-order valence-electron chi connectivity index (χ3n) is 4.37. The lowest BCUT2D eigenvalue weighted by Crippen LogP contribution is -2.24. The molecular formula is C18H21N3O2. The highest BCUT2D eigenvalue weighted by Gasteiger charge is 2.19. The molecule has 0 radical (unpaired) electrons. The number of H-pyrrole nitrogens is 1. The number of aromatic nitrogens is 1. The van der Waals surface area contributed by atoms with Crippen LogP contribution < -0.4 is 10.6 Å². The lowest BCUT2D eigenvalue weighted by Gasteiger charge is -2.07. The van der Waals surface area contributed by atoms with Gasteiger partial charge in [0.05, 0.1) is 0 Å². The lowest BCUT2D eigenvalue weighted by atomic mass is 10.1. The minimum atomic E-state index is -0.184. The number of hydrogen-bond acceptors (Lipinski definition) is 3. The second-order valence-corrected chi connectivity index (χ2v) is 6.07. The highest BCUT2D eigenvalue weighted by atomic mass is 16.2. The number of aryl methyl sites for hydroxylation is 1. The summed E-state index contributed by atoms with van der Waals surface area (Å²) >= 11 is 0. The molecule has 1 aliphatic heterocycles. The standard InChI is InChI=1S/C18H21N3O2/c1-10-16(12(3)22)11(2)21-17(10)18(23)20-7-13-4-5-14-8-19-9-15(14)6-13/h4-6,19,21H,7-9H2,1-3H3,(H,20,23). The summed E-state index contributed by atoms with van der Waals surface area (Å²) in [6.07, 6.45) is 0. The fraction of sp³-hybridized carbons (Fsp3) is 0.333. The minimum absolute atomic E-state index is 0.0265. The summed E-state index contributed by atoms with van der Waals surface area (Å²) in [6.45, 7) is 7.40. The van der Waals surface area contributed by atoms with Crippen LogP contribution in [0.25, 0.3) is 0 Å². The van der Waals surface area contributed by atoms with Gasteiger partial charge in [0.15, 0.2) is 5.78 Å². The van der Waals surface area contributed by atoms with Crippen LogP contribution in [-0.2, 0) is 19.6 Å². The fourth-order valence-electron chi connectivity index (χ4n) is 3.23. The maximum absolute atomic E-state index is 12.4. The molecule has 0 aliphatic carbocycles. The highest BCUT2D eigenvalue weighted by molar-refractivity contribution is 6.02. The first kappa shape index (κ1) is 15.5. The number of hydrogen-bond donors (Lipinski definition) is 3. The maximum Gasteiger partial charge on any atom is 0.268 e. The highest BCUT2D eigenvalue weighted by Crippen LogP contribution is 2.19. The number of fused-ring (bicyclic) bond motifs is 1. The molecular weight excluding hydrogens is 290 g/mol. The van der Waals surface area contributed by atoms with Gasteiger partial charge in [-0.05, 0) is 43.0 Å². The van der Waals surface area contributed by atoms with Crippen molar-refractivity contribution in [2.24, 2.45) is 0 Å². The lowest BCUT2D eigenvalue weighted by molar-refractivity contribution is 0.0945. The molecule has 0 atom stereocenters. The largest absolute Gasteiger partial charge is 0.354 e. The van der Waals surface area contributed by atoms with Gasteiger partial charge in [0, 0.05) is 30.9 Å². The normalized spacial score (nSPS) is 13.0. The van der Waals surface area contributed by atoms with Crippen LogP contribution in [0.3, 0.4) is 0 Å². The Hall–Kier alpha value is -2.40. The summed E-state index contributed by atoms with van der Waals surface area (Å²) < 4.78 is 0. The molecule has 0 saturated carbocycles. The first-order valence-corrected chi connectivity index (χ1v) is 7.77. The van der Waals surface area contributed by atoms with E-state index in [0.717, 1.165) is 24.3 Å². The van der Waals surface area contributed by atoms with Crippen molar-refractivity contribution in [1.29, 1.82) is 0 Å². The summed E-state index contributed by atoms with van der Waals surface area (Å²) in [5.41, 5.74) is 6.22. The van der Waals surface area contributed by atoms with E-state index in [0.29, 0.717) is 23.4 Å². The summed E-state index contributed by atoms with van der Waals surface area (Å²) in [4.78, 5) is 27.1. The van der Waals surface area contributed by atoms with Crippen molar-refractivity contribution in [2.75, 3.05) is 0 Å². The van der Waals surface area contributed by atoms with Crippen LogP contribution in [-0.4, -0.2) is 16.7 Å². The van der Waals surface area contributed by atoms with Gasteiger partial charge in [-0.2, -0.15) is 0 Å². The monoisotopic (exact) mass is 311 g/mol. The Morgan fingerprint density at radius 1 is 1.17 bits per heavy atom. The van der Waals surface area contributed by atoms with Gasteiger partial charge in [0.25, 0.3) is 5.91 Å². The Morgan fingerprint density at radius 3 is 2.61 bits per heavy atom. The maximum atomic E-state index is 12.4. The van der Waals surface area contributed by atoms with Crippen molar-refractivity contribution in [1.82, 2.24) is 15.6 Å². The van der Waals surface area contributed by atoms with Crippen molar-refractivity contribution in [3.05, 3.63) is 57.4 Å². The summed E-state index contributed by atoms with van der Waals surface area (Å²) in [6, 6.07) is 6.28. The van der Waals surface area contributed by atoms with Gasteiger partial charge in [0.1, 0.15) is 5.69 Å². The third kappa shape index (κ3) is 2.92. The summed E-state index contributed by atoms with van der Waals surface area (Å²) in [7, 11) is 0. The second-order valence-electron chi connectivity index (χ2n) is 6.07. The zero-order valence-corrected chi connectivity index (χ0v) is 13.7. The van der Waals surface area contributed by atoms with E-state index in [1.54, 1.807) is 6.92 Å². The molecule has 5 heteroatoms. The number of carbonyl (C=O) groups is 2. The number of aromatic amines is 1. The molecule has 23 heavy (non-hydrogen) atoms. The molecule has 120 valence electrons. The molecule has 1 aromatic carbocycles. The van der Waals surface area contributed by atoms with Crippen molar-refractivity contribution in [3.8, 4) is 0 Å². The van der Waals surface area contributed by atoms with Crippen molar-refractivity contribution in [3.63, 3.8) is 0 Å². The Bertz CT molecular complexity index is 790. The van der Waals surface area contributed by atoms with Crippen molar-refractivity contribution in [2.45, 2.75) is 40.4 Å². The van der Waals surface area contributed by atoms with Crippen LogP contribution in [0.4, 0.5) is 0 Å². The Morgan fingerprint density at radius 2 is 1.91 bits per heavy atom. The molecule has 0 spiro atoms. The van der Waals surface area contributed by atoms with E-state index < -0.39 is 0 Å². The van der Waals surface area contributed by atoms with Gasteiger partial charge in [0.2, 0.25) is 0 Å². The summed E-state index contributed by atoms with van der Waals surface area (Å²) in [5.74, 6) is -0.210. The van der Waals surface area contributed by atoms with Crippen LogP contribution in [0, 0.1) is 13.8 Å². The molecule has 5 nitrogen and oxygen atoms in total. The molecule has 0 bridgehead atoms. The molecule has 1 aliphatic rings. The molecule has 0 unspecified atom stereocenters. The van der Waals surface area contributed by atoms with Crippen LogP contribution >= 0.6 is 0 Å². The molecule has 2 aromatic rings. The van der Waals surface area contributed by atoms with Gasteiger partial charge < -0.3 is 15.6 Å². The molecule has 0 fully saturated rings. The molecule has 3 rings (SSSR count). The Kier molecular flexibility index (Phi) is 4.05. The van der Waals surface area contributed by atoms with Gasteiger partial charge in [-0.3, -0.25) is 9.59 Å². The summed E-state index contributed by atoms with van der Waals surface area (Å²) in [5, 5.41) is 6.23. The van der Waals surface area contributed by atoms with Gasteiger partial charge >= 0.3 is 0 Å². The molecule has 2 heterocycles. The quantitative estimate of drug-likeness (QED) is 0.759. The third-order valence-corrected chi connectivity index (χ3v) is 4.37. The number of Topliss-reactive ketones (excluding diaryl/α,β-unsaturated/α-hetero) is 1. The van der Waals surface area contributed by atoms with Crippen LogP contribution in [0.5, 0.6) is 0 Å². The smallest absolute Gasteiger partial charge is 0.268 e. The number of carbonyl (C=O) groups excluding carboxylic acids is 2. The average Bonchev–Trinajstić information content (AvgIpc) is 3.08. The number of ketones is 1. The van der Waals surface area contributed by atoms with Gasteiger partial charge in [-0.1, -0.05) is 18.2 Å². The first-order chi connectivity index (χ1) is 11.0. The van der Waals surface area contributed by atoms with E-state index in [9.17, 15) is 9.59 Å². The molecule has 1 aromatic heterocycles. The fourth-order valence-corrected chi connectivity index (χ4v) is 3.23. The molecule has 3 N–H and O–H groups in total. The van der Waals surface area contributed by atoms with E-state index >= 15 is 0 Å². The predicted molar refractivity (Wildman–Crippen MR) is 88.4 cm³/mol. The van der Waals surface area contributed by atoms with E-state index in [1.807, 2.05) is 13.0 Å². The van der Waals surface area contributed by atoms with E-state index in [4.69, 9.17) is 0 Å². The Balaban J connectivity index is 1.73. The predicted octanol–water partition coefficient (Wildman–Crippen LogP) is 2.37. The van der Waals surface area contributed by atoms with Crippen molar-refractivity contribution < 1.29 is 9.59 Å². The number of nitrogens with one attached hydrogen (secondary N) is 3. The van der Waals surface area contributed by atoms with E-state index in [-0.39, 0.29) is 11.7 Å². The zero-order valence-electron chi connectivity index (χ0n) is 13.7. The molecule has 0 saturated heterocycles. The number of benzene rings is 1. The molecule has 1 amide bonds. The number of amides is 1. The van der Waals surface area contributed by atoms with Crippen LogP contribution in [0.2, 0.25) is 0 Å². The number of rotatable bonds is 4. The van der Waals surface area contributed by atoms with Crippen molar-refractivity contribution >= 4 is 11.7 Å². The topological polar surface area (TPSA) is 74.0 Å². The van der Waals surface area contributed by atoms with E-state index in [2.05, 4.69) is 27.8 Å². The SMILES string of the molecule is CC(=O)c1c(C)[nH]c(C(=O)NCc2ccc3c(c2)CNC3)c1C. The second kappa shape index (κ2) is 6.01. The van der Waals surface area contributed by atoms with Gasteiger partial charge in [-0.15, -0.1) is 0 Å². The average molecular weight is 311 g/mol. The van der Waals surface area contributed by atoms with Crippen LogP contribution in [0.15, 0.2) is 18.2 Å². The van der Waals surface area contributed by atoms with E-state index in [1.165, 1.54) is 18.1 Å². The minimum Gasteiger partial charge on any atom is -0.354 e. The van der Waals surface area contributed by atoms with Gasteiger partial charge in [-0.25, -0.2) is 0 Å². The first-order valence-electron chi connectivity index (χ1n) is 7.77.